The first kappa shape index (κ1) is 25.7. The fraction of sp³-hybridized carbons (Fsp3) is 0.136. The second kappa shape index (κ2) is 10.5. The Morgan fingerprint density at radius 1 is 1.06 bits per heavy atom. The molecule has 1 amide bonds. The van der Waals surface area contributed by atoms with E-state index in [9.17, 15) is 22.0 Å². The van der Waals surface area contributed by atoms with Gasteiger partial charge < -0.3 is 5.32 Å². The number of rotatable bonds is 7. The van der Waals surface area contributed by atoms with Gasteiger partial charge in [0.25, 0.3) is 15.9 Å². The van der Waals surface area contributed by atoms with Crippen LogP contribution in [0.15, 0.2) is 59.5 Å². The fourth-order valence-corrected chi connectivity index (χ4v) is 5.38. The molecule has 174 valence electrons. The summed E-state index contributed by atoms with van der Waals surface area (Å²) < 4.78 is 56.2. The van der Waals surface area contributed by atoms with Gasteiger partial charge in [-0.25, -0.2) is 17.2 Å². The van der Waals surface area contributed by atoms with Crippen LogP contribution in [-0.4, -0.2) is 20.9 Å². The lowest BCUT2D eigenvalue weighted by Gasteiger charge is -2.17. The molecule has 0 saturated heterocycles. The Morgan fingerprint density at radius 3 is 2.36 bits per heavy atom. The van der Waals surface area contributed by atoms with Crippen LogP contribution in [0.3, 0.4) is 0 Å². The van der Waals surface area contributed by atoms with E-state index in [4.69, 9.17) is 23.2 Å². The zero-order valence-electron chi connectivity index (χ0n) is 17.0. The maximum absolute atomic E-state index is 14.1. The van der Waals surface area contributed by atoms with Crippen molar-refractivity contribution >= 4 is 67.4 Å². The van der Waals surface area contributed by atoms with Gasteiger partial charge in [0, 0.05) is 20.2 Å². The third kappa shape index (κ3) is 6.14. The summed E-state index contributed by atoms with van der Waals surface area (Å²) in [6.07, 6.45) is 0. The second-order valence-corrected chi connectivity index (χ2v) is 10.8. The predicted molar refractivity (Wildman–Crippen MR) is 134 cm³/mol. The molecule has 1 atom stereocenters. The number of sulfonamides is 1. The number of amides is 1. The number of anilines is 1. The number of hydrogen-bond donors (Lipinski definition) is 2. The zero-order chi connectivity index (χ0) is 24.3. The standard InChI is InChI=1S/C22H17Cl2F2IN2O3S/c1-12(15-7-5-13(23)9-17(15)24)11-28-22(30)16-8-6-14(27)10-20(16)29-33(31,32)21-18(25)3-2-4-19(21)26/h2-10,12,29H,11H2,1H3,(H,28,30). The molecule has 3 aromatic carbocycles. The Bertz CT molecular complexity index is 1300. The number of benzene rings is 3. The molecule has 11 heteroatoms. The molecule has 3 aromatic rings. The molecule has 0 heterocycles. The highest BCUT2D eigenvalue weighted by molar-refractivity contribution is 14.1. The van der Waals surface area contributed by atoms with Crippen LogP contribution in [0.1, 0.15) is 28.8 Å². The number of nitrogens with one attached hydrogen (secondary N) is 2. The van der Waals surface area contributed by atoms with E-state index in [0.29, 0.717) is 13.6 Å². The summed E-state index contributed by atoms with van der Waals surface area (Å²) in [5.41, 5.74) is 0.657. The maximum atomic E-state index is 14.1. The molecule has 0 aliphatic carbocycles. The van der Waals surface area contributed by atoms with Crippen molar-refractivity contribution in [1.29, 1.82) is 0 Å². The molecule has 0 spiro atoms. The van der Waals surface area contributed by atoms with Gasteiger partial charge in [0.1, 0.15) is 11.6 Å². The molecule has 33 heavy (non-hydrogen) atoms. The largest absolute Gasteiger partial charge is 0.351 e. The van der Waals surface area contributed by atoms with Gasteiger partial charge in [0.2, 0.25) is 0 Å². The van der Waals surface area contributed by atoms with Crippen LogP contribution in [-0.2, 0) is 10.0 Å². The van der Waals surface area contributed by atoms with Crippen LogP contribution < -0.4 is 10.0 Å². The number of carbonyl (C=O) groups is 1. The lowest BCUT2D eigenvalue weighted by molar-refractivity contribution is 0.0952. The van der Waals surface area contributed by atoms with Crippen molar-refractivity contribution in [3.05, 3.63) is 91.0 Å². The van der Waals surface area contributed by atoms with E-state index in [1.165, 1.54) is 12.1 Å². The Morgan fingerprint density at radius 2 is 1.73 bits per heavy atom. The topological polar surface area (TPSA) is 75.3 Å². The Labute approximate surface area is 213 Å². The highest BCUT2D eigenvalue weighted by Crippen LogP contribution is 2.28. The Kier molecular flexibility index (Phi) is 8.20. The summed E-state index contributed by atoms with van der Waals surface area (Å²) in [6.45, 7) is 2.05. The van der Waals surface area contributed by atoms with Crippen LogP contribution in [0.5, 0.6) is 0 Å². The molecule has 0 fully saturated rings. The Balaban J connectivity index is 1.84. The van der Waals surface area contributed by atoms with E-state index >= 15 is 0 Å². The highest BCUT2D eigenvalue weighted by atomic mass is 127. The molecular formula is C22H17Cl2F2IN2O3S. The SMILES string of the molecule is CC(CNC(=O)c1ccc(I)cc1NS(=O)(=O)c1c(F)cccc1F)c1ccc(Cl)cc1Cl. The van der Waals surface area contributed by atoms with Crippen LogP contribution >= 0.6 is 45.8 Å². The lowest BCUT2D eigenvalue weighted by atomic mass is 10.0. The van der Waals surface area contributed by atoms with E-state index in [0.717, 1.165) is 23.8 Å². The Hall–Kier alpha value is -1.95. The first-order chi connectivity index (χ1) is 15.5. The van der Waals surface area contributed by atoms with E-state index in [1.54, 1.807) is 24.3 Å². The molecule has 0 aliphatic rings. The molecule has 0 saturated carbocycles. The summed E-state index contributed by atoms with van der Waals surface area (Å²) in [4.78, 5) is 11.7. The number of carbonyl (C=O) groups excluding carboxylic acids is 1. The van der Waals surface area contributed by atoms with Crippen molar-refractivity contribution in [2.45, 2.75) is 17.7 Å². The predicted octanol–water partition coefficient (Wildman–Crippen LogP) is 6.21. The maximum Gasteiger partial charge on any atom is 0.267 e. The van der Waals surface area contributed by atoms with Crippen molar-refractivity contribution < 1.29 is 22.0 Å². The van der Waals surface area contributed by atoms with Gasteiger partial charge >= 0.3 is 0 Å². The molecule has 3 rings (SSSR count). The lowest BCUT2D eigenvalue weighted by Crippen LogP contribution is -2.29. The van der Waals surface area contributed by atoms with Crippen molar-refractivity contribution in [3.8, 4) is 0 Å². The summed E-state index contributed by atoms with van der Waals surface area (Å²) in [7, 11) is -4.64. The van der Waals surface area contributed by atoms with Crippen molar-refractivity contribution in [2.24, 2.45) is 0 Å². The van der Waals surface area contributed by atoms with Gasteiger partial charge in [-0.3, -0.25) is 9.52 Å². The zero-order valence-corrected chi connectivity index (χ0v) is 21.5. The molecule has 0 bridgehead atoms. The molecule has 1 unspecified atom stereocenters. The summed E-state index contributed by atoms with van der Waals surface area (Å²) >= 11 is 14.1. The molecule has 2 N–H and O–H groups in total. The van der Waals surface area contributed by atoms with Crippen LogP contribution in [0, 0.1) is 15.2 Å². The normalized spacial score (nSPS) is 12.3. The summed E-state index contributed by atoms with van der Waals surface area (Å²) in [5, 5.41) is 3.68. The van der Waals surface area contributed by atoms with Gasteiger partial charge in [-0.2, -0.15) is 0 Å². The first-order valence-electron chi connectivity index (χ1n) is 9.49. The summed E-state index contributed by atoms with van der Waals surface area (Å²) in [5.74, 6) is -3.23. The summed E-state index contributed by atoms with van der Waals surface area (Å²) in [6, 6.07) is 12.2. The quantitative estimate of drug-likeness (QED) is 0.307. The highest BCUT2D eigenvalue weighted by Gasteiger charge is 2.26. The number of hydrogen-bond acceptors (Lipinski definition) is 3. The van der Waals surface area contributed by atoms with Crippen molar-refractivity contribution in [1.82, 2.24) is 5.32 Å². The number of halogens is 5. The van der Waals surface area contributed by atoms with Crippen LogP contribution in [0.4, 0.5) is 14.5 Å². The minimum atomic E-state index is -4.64. The minimum absolute atomic E-state index is 0.00913. The molecular weight excluding hydrogens is 608 g/mol. The van der Waals surface area contributed by atoms with Gasteiger partial charge in [-0.1, -0.05) is 42.3 Å². The molecule has 0 aliphatic heterocycles. The molecule has 0 aromatic heterocycles. The van der Waals surface area contributed by atoms with Gasteiger partial charge in [-0.15, -0.1) is 0 Å². The smallest absolute Gasteiger partial charge is 0.267 e. The first-order valence-corrected chi connectivity index (χ1v) is 12.8. The van der Waals surface area contributed by atoms with E-state index in [2.05, 4.69) is 10.0 Å². The van der Waals surface area contributed by atoms with Crippen molar-refractivity contribution in [2.75, 3.05) is 11.3 Å². The third-order valence-corrected chi connectivity index (χ3v) is 7.37. The van der Waals surface area contributed by atoms with E-state index in [1.807, 2.05) is 29.5 Å². The van der Waals surface area contributed by atoms with Crippen LogP contribution in [0.25, 0.3) is 0 Å². The fourth-order valence-electron chi connectivity index (χ4n) is 3.09. The molecule has 5 nitrogen and oxygen atoms in total. The average molecular weight is 625 g/mol. The van der Waals surface area contributed by atoms with E-state index < -0.39 is 32.5 Å². The molecule has 0 radical (unpaired) electrons. The van der Waals surface area contributed by atoms with Crippen LogP contribution in [0.2, 0.25) is 10.0 Å². The minimum Gasteiger partial charge on any atom is -0.351 e. The van der Waals surface area contributed by atoms with Gasteiger partial charge in [0.05, 0.1) is 11.3 Å². The van der Waals surface area contributed by atoms with E-state index in [-0.39, 0.29) is 23.7 Å². The monoisotopic (exact) mass is 624 g/mol. The third-order valence-electron chi connectivity index (χ3n) is 4.72. The van der Waals surface area contributed by atoms with Crippen molar-refractivity contribution in [3.63, 3.8) is 0 Å². The average Bonchev–Trinajstić information content (AvgIpc) is 2.71. The second-order valence-electron chi connectivity index (χ2n) is 7.12. The van der Waals surface area contributed by atoms with Gasteiger partial charge in [0.15, 0.2) is 4.90 Å². The van der Waals surface area contributed by atoms with Gasteiger partial charge in [-0.05, 0) is 76.5 Å².